The molecule has 1 saturated heterocycles. The van der Waals surface area contributed by atoms with Crippen molar-refractivity contribution in [2.24, 2.45) is 0 Å². The van der Waals surface area contributed by atoms with Gasteiger partial charge in [0.15, 0.2) is 0 Å². The quantitative estimate of drug-likeness (QED) is 0.117. The lowest BCUT2D eigenvalue weighted by atomic mass is 9.80. The van der Waals surface area contributed by atoms with Crippen molar-refractivity contribution in [3.05, 3.63) is 145 Å². The van der Waals surface area contributed by atoms with Gasteiger partial charge in [-0.1, -0.05) is 186 Å². The van der Waals surface area contributed by atoms with Crippen LogP contribution in [0.4, 0.5) is 0 Å². The minimum absolute atomic E-state index is 0.136. The van der Waals surface area contributed by atoms with Crippen LogP contribution < -0.4 is 5.30 Å². The van der Waals surface area contributed by atoms with E-state index in [1.807, 2.05) is 0 Å². The summed E-state index contributed by atoms with van der Waals surface area (Å²) < 4.78 is 2.26. The van der Waals surface area contributed by atoms with Gasteiger partial charge in [-0.25, -0.2) is 0 Å². The summed E-state index contributed by atoms with van der Waals surface area (Å²) in [7, 11) is -0.958. The zero-order chi connectivity index (χ0) is 39.4. The molecule has 1 nitrogen and oxygen atoms in total. The fourth-order valence-electron chi connectivity index (χ4n) is 8.96. The molecule has 1 aliphatic rings. The molecular weight excluding hydrogens is 819 g/mol. The molecule has 1 fully saturated rings. The minimum Gasteiger partial charge on any atom is -0.393 e. The highest BCUT2D eigenvalue weighted by Gasteiger charge is 2.43. The van der Waals surface area contributed by atoms with Crippen molar-refractivity contribution >= 4 is 45.1 Å². The van der Waals surface area contributed by atoms with Crippen LogP contribution >= 0.6 is 39.8 Å². The third-order valence-electron chi connectivity index (χ3n) is 12.9. The van der Waals surface area contributed by atoms with E-state index in [9.17, 15) is 5.11 Å². The Kier molecular flexibility index (Phi) is 14.4. The molecule has 290 valence electrons. The lowest BCUT2D eigenvalue weighted by molar-refractivity contribution is 0.146. The first-order valence-corrected chi connectivity index (χ1v) is 24.0. The molecule has 0 radical (unpaired) electrons. The van der Waals surface area contributed by atoms with Crippen LogP contribution in [-0.2, 0) is 0 Å². The van der Waals surface area contributed by atoms with E-state index in [4.69, 9.17) is 0 Å². The Bertz CT molecular complexity index is 1870. The molecule has 6 rings (SSSR count). The molecule has 0 bridgehead atoms. The van der Waals surface area contributed by atoms with Gasteiger partial charge in [0.05, 0.1) is 6.10 Å². The van der Waals surface area contributed by atoms with Crippen molar-refractivity contribution in [1.29, 1.82) is 0 Å². The number of hydrogen-bond acceptors (Lipinski definition) is 1. The van der Waals surface area contributed by atoms with Gasteiger partial charge >= 0.3 is 0 Å². The zero-order valence-corrected chi connectivity index (χ0v) is 38.3. The largest absolute Gasteiger partial charge is 0.393 e. The van der Waals surface area contributed by atoms with Gasteiger partial charge in [0.2, 0.25) is 0 Å². The van der Waals surface area contributed by atoms with Gasteiger partial charge in [-0.2, -0.15) is 0 Å². The first-order chi connectivity index (χ1) is 26.6. The van der Waals surface area contributed by atoms with E-state index < -0.39 is 14.0 Å². The molecule has 4 heteroatoms. The maximum atomic E-state index is 12.0. The van der Waals surface area contributed by atoms with Gasteiger partial charge in [-0.3, -0.25) is 0 Å². The molecular formula is C51H61Br2OP. The second-order valence-corrected chi connectivity index (χ2v) is 20.4. The second-order valence-electron chi connectivity index (χ2n) is 16.2. The van der Waals surface area contributed by atoms with Gasteiger partial charge in [0.25, 0.3) is 0 Å². The highest BCUT2D eigenvalue weighted by molar-refractivity contribution is 9.10. The molecule has 0 spiro atoms. The molecule has 1 aliphatic heterocycles. The van der Waals surface area contributed by atoms with E-state index >= 15 is 0 Å². The average Bonchev–Trinajstić information content (AvgIpc) is 3.21. The Morgan fingerprint density at radius 1 is 0.509 bits per heavy atom. The van der Waals surface area contributed by atoms with Gasteiger partial charge in [0, 0.05) is 20.3 Å². The van der Waals surface area contributed by atoms with E-state index in [1.165, 1.54) is 60.9 Å². The summed E-state index contributed by atoms with van der Waals surface area (Å²) in [6.07, 6.45) is 5.40. The molecule has 6 unspecified atom stereocenters. The predicted molar refractivity (Wildman–Crippen MR) is 248 cm³/mol. The number of aliphatic hydroxyl groups excluding tert-OH is 1. The van der Waals surface area contributed by atoms with Crippen LogP contribution in [0.15, 0.2) is 112 Å². The first-order valence-electron chi connectivity index (χ1n) is 20.9. The summed E-state index contributed by atoms with van der Waals surface area (Å²) in [5.41, 5.74) is 14.4. The standard InChI is InChI=1S/C51H61Br2OP/c1-9-32(5)37-22-17-23-38(33(6)10-2)49(37)43-26-19-27-44(50-39(34(7)11-3)24-18-25-40(50)35(8)12-4)51(43)55-47(41-20-13-15-28-45(41)52)30-36(54)31-48(55)42-21-14-16-29-46(42)53/h13-29,32-36,47-48,54H,9-12,30-31H2,1-8H3. The molecule has 0 aromatic heterocycles. The van der Waals surface area contributed by atoms with Crippen molar-refractivity contribution in [3.63, 3.8) is 0 Å². The van der Waals surface area contributed by atoms with E-state index in [2.05, 4.69) is 190 Å². The topological polar surface area (TPSA) is 20.2 Å². The predicted octanol–water partition coefficient (Wildman–Crippen LogP) is 16.3. The van der Waals surface area contributed by atoms with E-state index in [0.29, 0.717) is 23.7 Å². The van der Waals surface area contributed by atoms with Crippen LogP contribution in [0.1, 0.15) is 162 Å². The molecule has 55 heavy (non-hydrogen) atoms. The second kappa shape index (κ2) is 18.8. The molecule has 1 heterocycles. The molecule has 0 saturated carbocycles. The normalized spacial score (nSPS) is 20.9. The van der Waals surface area contributed by atoms with Gasteiger partial charge in [-0.15, -0.1) is 0 Å². The number of aliphatic hydroxyl groups is 1. The van der Waals surface area contributed by atoms with Crippen LogP contribution in [0.5, 0.6) is 0 Å². The summed E-state index contributed by atoms with van der Waals surface area (Å²) in [6, 6.07) is 39.3. The van der Waals surface area contributed by atoms with E-state index in [1.54, 1.807) is 0 Å². The van der Waals surface area contributed by atoms with E-state index in [0.717, 1.165) is 47.5 Å². The van der Waals surface area contributed by atoms with Crippen LogP contribution in [-0.4, -0.2) is 11.2 Å². The third kappa shape index (κ3) is 8.53. The molecule has 5 aromatic rings. The molecule has 6 atom stereocenters. The molecule has 0 aliphatic carbocycles. The number of halogens is 2. The Labute approximate surface area is 350 Å². The third-order valence-corrected chi connectivity index (χ3v) is 17.6. The Morgan fingerprint density at radius 2 is 0.836 bits per heavy atom. The maximum Gasteiger partial charge on any atom is 0.0559 e. The van der Waals surface area contributed by atoms with Crippen molar-refractivity contribution in [2.75, 3.05) is 0 Å². The molecule has 0 amide bonds. The fraction of sp³-hybridized carbons (Fsp3) is 0.412. The number of benzene rings is 5. The minimum atomic E-state index is -0.958. The Morgan fingerprint density at radius 3 is 1.16 bits per heavy atom. The van der Waals surface area contributed by atoms with Gasteiger partial charge in [0.1, 0.15) is 0 Å². The molecule has 5 aromatic carbocycles. The molecule has 1 N–H and O–H groups in total. The number of hydrogen-bond donors (Lipinski definition) is 1. The highest BCUT2D eigenvalue weighted by Crippen LogP contribution is 2.70. The van der Waals surface area contributed by atoms with Gasteiger partial charge in [-0.05, 0) is 135 Å². The summed E-state index contributed by atoms with van der Waals surface area (Å²) in [5, 5.41) is 13.5. The van der Waals surface area contributed by atoms with Crippen LogP contribution in [0, 0.1) is 0 Å². The summed E-state index contributed by atoms with van der Waals surface area (Å²) in [5.74, 6) is 1.66. The lowest BCUT2D eigenvalue weighted by Crippen LogP contribution is -2.29. The fourth-order valence-corrected chi connectivity index (χ4v) is 14.4. The van der Waals surface area contributed by atoms with Crippen LogP contribution in [0.3, 0.4) is 0 Å². The Balaban J connectivity index is 1.86. The SMILES string of the molecule is CCC(C)c1cccc(C(C)CC)c1-c1cccc(-c2c(C(C)CC)cccc2C(C)CC)c1P1C(c2ccccc2Br)CC(O)CC1c1ccccc1Br. The Hall–Kier alpha value is -2.55. The monoisotopic (exact) mass is 878 g/mol. The van der Waals surface area contributed by atoms with Crippen LogP contribution in [0.25, 0.3) is 22.3 Å². The van der Waals surface area contributed by atoms with Crippen LogP contribution in [0.2, 0.25) is 0 Å². The maximum absolute atomic E-state index is 12.0. The van der Waals surface area contributed by atoms with Crippen molar-refractivity contribution in [3.8, 4) is 22.3 Å². The summed E-state index contributed by atoms with van der Waals surface area (Å²) in [4.78, 5) is 0. The zero-order valence-electron chi connectivity index (χ0n) is 34.2. The lowest BCUT2D eigenvalue weighted by Gasteiger charge is -2.44. The van der Waals surface area contributed by atoms with Crippen molar-refractivity contribution in [2.45, 2.75) is 135 Å². The van der Waals surface area contributed by atoms with Crippen molar-refractivity contribution in [1.82, 2.24) is 0 Å². The van der Waals surface area contributed by atoms with Gasteiger partial charge < -0.3 is 5.11 Å². The summed E-state index contributed by atoms with van der Waals surface area (Å²) in [6.45, 7) is 19.0. The average molecular weight is 881 g/mol. The van der Waals surface area contributed by atoms with E-state index in [-0.39, 0.29) is 11.3 Å². The number of rotatable bonds is 13. The first kappa shape index (κ1) is 42.1. The van der Waals surface area contributed by atoms with Crippen molar-refractivity contribution < 1.29 is 5.11 Å². The smallest absolute Gasteiger partial charge is 0.0559 e. The summed E-state index contributed by atoms with van der Waals surface area (Å²) >= 11 is 8.10. The highest BCUT2D eigenvalue weighted by atomic mass is 79.9.